The molecule has 1 amide bonds. The number of furan rings is 1. The first-order valence-electron chi connectivity index (χ1n) is 15.0. The standard InChI is InChI=1S/C30H52N2O5Si/c1-7-8-14-23(28(33)27-26(29(27)34)24-15-16-25(37-24)38(4,5)6)31-18-22(17-20(2)3)32-30(35)36-19-21-12-10-9-11-13-21/h15-16,20-23,26-28,31,33H,7-14,17-19H2,1-6H3,(H,32,35)/t22-,23+,26?,27?,28?/m1/s1. The summed E-state index contributed by atoms with van der Waals surface area (Å²) in [4.78, 5) is 25.4. The zero-order valence-corrected chi connectivity index (χ0v) is 25.6. The first-order valence-corrected chi connectivity index (χ1v) is 18.5. The van der Waals surface area contributed by atoms with Crippen LogP contribution in [-0.4, -0.2) is 56.4 Å². The van der Waals surface area contributed by atoms with E-state index in [-0.39, 0.29) is 29.9 Å². The van der Waals surface area contributed by atoms with Crippen LogP contribution in [0.15, 0.2) is 16.5 Å². The summed E-state index contributed by atoms with van der Waals surface area (Å²) < 4.78 is 11.7. The lowest BCUT2D eigenvalue weighted by molar-refractivity contribution is -0.112. The quantitative estimate of drug-likeness (QED) is 0.256. The summed E-state index contributed by atoms with van der Waals surface area (Å²) in [5.41, 5.74) is 0. The molecule has 0 spiro atoms. The van der Waals surface area contributed by atoms with Gasteiger partial charge in [0.05, 0.1) is 29.9 Å². The van der Waals surface area contributed by atoms with Crippen LogP contribution in [-0.2, 0) is 9.53 Å². The number of Topliss-reactive ketones (excluding diaryl/α,β-unsaturated/α-hetero) is 1. The minimum Gasteiger partial charge on any atom is -0.470 e. The van der Waals surface area contributed by atoms with Crippen LogP contribution in [0.25, 0.3) is 0 Å². The molecule has 0 saturated heterocycles. The number of aliphatic hydroxyl groups excluding tert-OH is 1. The summed E-state index contributed by atoms with van der Waals surface area (Å²) in [5.74, 6) is 0.812. The SMILES string of the molecule is CCCC[C@H](NC[C@@H](CC(C)C)NC(=O)OCC1CCCCC1)C(O)C1C(=O)C1c1ccc([Si](C)(C)C)o1. The molecule has 0 bridgehead atoms. The van der Waals surface area contributed by atoms with Gasteiger partial charge in [0.2, 0.25) is 0 Å². The largest absolute Gasteiger partial charge is 0.470 e. The van der Waals surface area contributed by atoms with Crippen molar-refractivity contribution in [2.75, 3.05) is 13.2 Å². The second-order valence-electron chi connectivity index (χ2n) is 13.1. The zero-order chi connectivity index (χ0) is 27.9. The Kier molecular flexibility index (Phi) is 11.5. The molecule has 1 heterocycles. The molecule has 2 fully saturated rings. The number of aliphatic hydroxyl groups is 1. The van der Waals surface area contributed by atoms with Crippen LogP contribution in [0.1, 0.15) is 90.2 Å². The van der Waals surface area contributed by atoms with Crippen LogP contribution in [0.2, 0.25) is 19.6 Å². The molecule has 2 saturated carbocycles. The Labute approximate surface area is 230 Å². The lowest BCUT2D eigenvalue weighted by Gasteiger charge is -2.28. The minimum absolute atomic E-state index is 0.0559. The topological polar surface area (TPSA) is 101 Å². The Hall–Kier alpha value is -1.64. The van der Waals surface area contributed by atoms with Crippen molar-refractivity contribution in [3.05, 3.63) is 17.9 Å². The van der Waals surface area contributed by atoms with Gasteiger partial charge in [-0.1, -0.05) is 72.5 Å². The maximum absolute atomic E-state index is 12.8. The predicted octanol–water partition coefficient (Wildman–Crippen LogP) is 5.34. The van der Waals surface area contributed by atoms with E-state index in [1.165, 1.54) is 19.3 Å². The van der Waals surface area contributed by atoms with E-state index < -0.39 is 20.1 Å². The summed E-state index contributed by atoms with van der Waals surface area (Å²) in [7, 11) is -1.61. The van der Waals surface area contributed by atoms with Crippen LogP contribution < -0.4 is 16.0 Å². The van der Waals surface area contributed by atoms with E-state index in [0.717, 1.165) is 43.9 Å². The molecular weight excluding hydrogens is 496 g/mol. The third kappa shape index (κ3) is 8.95. The molecule has 8 heteroatoms. The van der Waals surface area contributed by atoms with Gasteiger partial charge in [0.25, 0.3) is 0 Å². The van der Waals surface area contributed by atoms with Crippen molar-refractivity contribution in [1.29, 1.82) is 0 Å². The molecule has 0 aromatic carbocycles. The van der Waals surface area contributed by atoms with Gasteiger partial charge in [0.15, 0.2) is 5.78 Å². The van der Waals surface area contributed by atoms with Crippen LogP contribution in [0.4, 0.5) is 4.79 Å². The second kappa shape index (κ2) is 14.1. The fourth-order valence-corrected chi connectivity index (χ4v) is 6.75. The molecule has 1 aromatic rings. The third-order valence-electron chi connectivity index (χ3n) is 8.09. The highest BCUT2D eigenvalue weighted by Crippen LogP contribution is 2.46. The van der Waals surface area contributed by atoms with Gasteiger partial charge in [-0.25, -0.2) is 4.79 Å². The first kappa shape index (κ1) is 30.9. The highest BCUT2D eigenvalue weighted by molar-refractivity contribution is 6.87. The lowest BCUT2D eigenvalue weighted by Crippen LogP contribution is -2.49. The number of nitrogens with one attached hydrogen (secondary N) is 2. The molecule has 3 rings (SSSR count). The van der Waals surface area contributed by atoms with Crippen LogP contribution >= 0.6 is 0 Å². The van der Waals surface area contributed by atoms with E-state index in [1.54, 1.807) is 0 Å². The Balaban J connectivity index is 1.58. The average Bonchev–Trinajstić information content (AvgIpc) is 3.27. The molecule has 2 aliphatic rings. The summed E-state index contributed by atoms with van der Waals surface area (Å²) in [6, 6.07) is 3.58. The number of amides is 1. The van der Waals surface area contributed by atoms with Gasteiger partial charge in [0, 0.05) is 18.6 Å². The number of alkyl carbamates (subject to hydrolysis) is 1. The van der Waals surface area contributed by atoms with Gasteiger partial charge in [-0.3, -0.25) is 4.79 Å². The highest BCUT2D eigenvalue weighted by atomic mass is 28.3. The highest BCUT2D eigenvalue weighted by Gasteiger charge is 2.57. The van der Waals surface area contributed by atoms with Crippen molar-refractivity contribution in [1.82, 2.24) is 10.6 Å². The molecule has 2 aliphatic carbocycles. The van der Waals surface area contributed by atoms with E-state index in [4.69, 9.17) is 9.15 Å². The number of rotatable bonds is 15. The fraction of sp³-hybridized carbons (Fsp3) is 0.800. The van der Waals surface area contributed by atoms with E-state index in [2.05, 4.69) is 51.0 Å². The monoisotopic (exact) mass is 548 g/mol. The Morgan fingerprint density at radius 3 is 2.50 bits per heavy atom. The summed E-state index contributed by atoms with van der Waals surface area (Å²) in [5, 5.41) is 18.9. The van der Waals surface area contributed by atoms with Gasteiger partial charge in [-0.05, 0) is 49.7 Å². The van der Waals surface area contributed by atoms with Crippen molar-refractivity contribution < 1.29 is 23.8 Å². The van der Waals surface area contributed by atoms with Gasteiger partial charge in [0.1, 0.15) is 13.8 Å². The fourth-order valence-electron chi connectivity index (χ4n) is 5.74. The minimum atomic E-state index is -1.61. The molecule has 216 valence electrons. The molecule has 3 unspecified atom stereocenters. The van der Waals surface area contributed by atoms with Crippen molar-refractivity contribution >= 4 is 25.3 Å². The summed E-state index contributed by atoms with van der Waals surface area (Å²) >= 11 is 0. The maximum atomic E-state index is 12.8. The van der Waals surface area contributed by atoms with Gasteiger partial charge in [-0.15, -0.1) is 0 Å². The van der Waals surface area contributed by atoms with E-state index in [1.807, 2.05) is 12.1 Å². The third-order valence-corrected chi connectivity index (χ3v) is 9.83. The van der Waals surface area contributed by atoms with Crippen molar-refractivity contribution in [2.45, 2.75) is 122 Å². The average molecular weight is 549 g/mol. The smallest absolute Gasteiger partial charge is 0.407 e. The Bertz CT molecular complexity index is 889. The number of carbonyl (C=O) groups excluding carboxylic acids is 2. The van der Waals surface area contributed by atoms with Crippen LogP contribution in [0.3, 0.4) is 0 Å². The van der Waals surface area contributed by atoms with E-state index in [0.29, 0.717) is 30.7 Å². The van der Waals surface area contributed by atoms with E-state index in [9.17, 15) is 14.7 Å². The number of ether oxygens (including phenoxy) is 1. The lowest BCUT2D eigenvalue weighted by atomic mass is 9.90. The number of hydrogen-bond acceptors (Lipinski definition) is 6. The molecule has 0 radical (unpaired) electrons. The normalized spacial score (nSPS) is 22.8. The maximum Gasteiger partial charge on any atom is 0.407 e. The molecule has 7 nitrogen and oxygen atoms in total. The molecule has 3 N–H and O–H groups in total. The number of hydrogen-bond donors (Lipinski definition) is 3. The number of ketones is 1. The van der Waals surface area contributed by atoms with Crippen LogP contribution in [0.5, 0.6) is 0 Å². The molecule has 1 aromatic heterocycles. The van der Waals surface area contributed by atoms with Gasteiger partial charge >= 0.3 is 6.09 Å². The molecule has 5 atom stereocenters. The first-order chi connectivity index (χ1) is 18.0. The Morgan fingerprint density at radius 1 is 1.18 bits per heavy atom. The number of unbranched alkanes of at least 4 members (excludes halogenated alkanes) is 1. The molecule has 0 aliphatic heterocycles. The summed E-state index contributed by atoms with van der Waals surface area (Å²) in [6.07, 6.45) is 8.38. The molecule has 38 heavy (non-hydrogen) atoms. The Morgan fingerprint density at radius 2 is 1.89 bits per heavy atom. The van der Waals surface area contributed by atoms with Gasteiger partial charge in [-0.2, -0.15) is 0 Å². The predicted molar refractivity (Wildman–Crippen MR) is 155 cm³/mol. The van der Waals surface area contributed by atoms with Gasteiger partial charge < -0.3 is 24.9 Å². The second-order valence-corrected chi connectivity index (χ2v) is 18.1. The zero-order valence-electron chi connectivity index (χ0n) is 24.6. The van der Waals surface area contributed by atoms with Crippen LogP contribution in [0, 0.1) is 17.8 Å². The van der Waals surface area contributed by atoms with Crippen molar-refractivity contribution in [3.8, 4) is 0 Å². The van der Waals surface area contributed by atoms with E-state index >= 15 is 0 Å². The number of carbonyl (C=O) groups is 2. The summed E-state index contributed by atoms with van der Waals surface area (Å²) in [6.45, 7) is 14.1. The van der Waals surface area contributed by atoms with Crippen molar-refractivity contribution in [3.63, 3.8) is 0 Å². The molecular formula is C30H52N2O5Si. The van der Waals surface area contributed by atoms with Crippen molar-refractivity contribution in [2.24, 2.45) is 17.8 Å².